The summed E-state index contributed by atoms with van der Waals surface area (Å²) in [5, 5.41) is 7.25. The molecule has 2 atom stereocenters. The number of carbonyl (C=O) groups excluding carboxylic acids is 2. The van der Waals surface area contributed by atoms with Crippen LogP contribution in [0.3, 0.4) is 0 Å². The van der Waals surface area contributed by atoms with Crippen LogP contribution in [-0.4, -0.2) is 44.8 Å². The first-order valence-corrected chi connectivity index (χ1v) is 13.6. The van der Waals surface area contributed by atoms with Crippen LogP contribution in [-0.2, 0) is 40.8 Å². The van der Waals surface area contributed by atoms with Gasteiger partial charge in [0.05, 0.1) is 22.7 Å². The highest BCUT2D eigenvalue weighted by molar-refractivity contribution is 6.06. The van der Waals surface area contributed by atoms with Gasteiger partial charge in [-0.15, -0.1) is 0 Å². The van der Waals surface area contributed by atoms with Crippen molar-refractivity contribution < 1.29 is 9.59 Å². The van der Waals surface area contributed by atoms with Gasteiger partial charge in [-0.1, -0.05) is 42.5 Å². The third-order valence-corrected chi connectivity index (χ3v) is 8.48. The van der Waals surface area contributed by atoms with Gasteiger partial charge in [0.25, 0.3) is 0 Å². The van der Waals surface area contributed by atoms with Crippen LogP contribution < -0.4 is 10.6 Å². The molecule has 1 aliphatic carbocycles. The Morgan fingerprint density at radius 3 is 2.59 bits per heavy atom. The van der Waals surface area contributed by atoms with Crippen molar-refractivity contribution >= 4 is 28.5 Å². The van der Waals surface area contributed by atoms with Crippen LogP contribution in [0.25, 0.3) is 10.9 Å². The molecular weight excluding hydrogens is 486 g/mol. The molecule has 0 bridgehead atoms. The zero-order valence-electron chi connectivity index (χ0n) is 22.2. The molecule has 4 heterocycles. The second-order valence-electron chi connectivity index (χ2n) is 11.9. The maximum absolute atomic E-state index is 13.2. The van der Waals surface area contributed by atoms with Gasteiger partial charge in [0, 0.05) is 35.8 Å². The van der Waals surface area contributed by atoms with Gasteiger partial charge in [0.15, 0.2) is 0 Å². The Morgan fingerprint density at radius 2 is 1.77 bits per heavy atom. The number of nitrogens with one attached hydrogen (secondary N) is 2. The summed E-state index contributed by atoms with van der Waals surface area (Å²) >= 11 is 0. The molecular formula is C32H31N5O2. The first-order valence-electron chi connectivity index (χ1n) is 13.6. The molecule has 1 fully saturated rings. The Labute approximate surface area is 227 Å². The van der Waals surface area contributed by atoms with Crippen LogP contribution in [0.4, 0.5) is 5.82 Å². The molecule has 7 heteroatoms. The topological polar surface area (TPSA) is 87.2 Å². The third kappa shape index (κ3) is 4.08. The first kappa shape index (κ1) is 24.0. The first-order chi connectivity index (χ1) is 18.8. The highest BCUT2D eigenvalue weighted by Crippen LogP contribution is 2.47. The predicted molar refractivity (Wildman–Crippen MR) is 150 cm³/mol. The summed E-state index contributed by atoms with van der Waals surface area (Å²) in [5.41, 5.74) is 5.44. The van der Waals surface area contributed by atoms with Gasteiger partial charge in [-0.2, -0.15) is 0 Å². The maximum Gasteiger partial charge on any atom is 0.238 e. The van der Waals surface area contributed by atoms with Gasteiger partial charge in [0.1, 0.15) is 5.82 Å². The highest BCUT2D eigenvalue weighted by Gasteiger charge is 2.51. The molecule has 2 aliphatic heterocycles. The van der Waals surface area contributed by atoms with Crippen molar-refractivity contribution in [3.8, 4) is 0 Å². The van der Waals surface area contributed by atoms with Crippen molar-refractivity contribution in [2.45, 2.75) is 56.7 Å². The van der Waals surface area contributed by atoms with Crippen LogP contribution in [0.2, 0.25) is 0 Å². The minimum atomic E-state index is -0.594. The second kappa shape index (κ2) is 8.71. The molecule has 0 unspecified atom stereocenters. The van der Waals surface area contributed by atoms with Gasteiger partial charge in [-0.05, 0) is 74.1 Å². The number of nitrogens with zero attached hydrogens (tertiary/aromatic N) is 3. The van der Waals surface area contributed by atoms with E-state index in [9.17, 15) is 9.59 Å². The molecule has 2 aromatic heterocycles. The average Bonchev–Trinajstić information content (AvgIpc) is 3.41. The van der Waals surface area contributed by atoms with Crippen molar-refractivity contribution in [3.63, 3.8) is 0 Å². The molecule has 0 saturated carbocycles. The summed E-state index contributed by atoms with van der Waals surface area (Å²) in [6.45, 7) is 5.46. The van der Waals surface area contributed by atoms with Gasteiger partial charge < -0.3 is 10.6 Å². The number of carbonyl (C=O) groups is 2. The number of anilines is 1. The summed E-state index contributed by atoms with van der Waals surface area (Å²) < 4.78 is 0. The molecule has 1 saturated heterocycles. The van der Waals surface area contributed by atoms with Crippen LogP contribution in [0, 0.1) is 0 Å². The highest BCUT2D eigenvalue weighted by atomic mass is 16.2. The van der Waals surface area contributed by atoms with Crippen molar-refractivity contribution in [1.29, 1.82) is 0 Å². The van der Waals surface area contributed by atoms with E-state index >= 15 is 0 Å². The van der Waals surface area contributed by atoms with Crippen LogP contribution >= 0.6 is 0 Å². The quantitative estimate of drug-likeness (QED) is 0.428. The van der Waals surface area contributed by atoms with E-state index in [1.165, 1.54) is 11.1 Å². The molecule has 7 rings (SSSR count). The number of aromatic nitrogens is 2. The molecule has 2 aromatic carbocycles. The van der Waals surface area contributed by atoms with E-state index in [1.54, 1.807) is 6.20 Å². The summed E-state index contributed by atoms with van der Waals surface area (Å²) in [5.74, 6) is 0.767. The molecule has 39 heavy (non-hydrogen) atoms. The largest absolute Gasteiger partial charge is 0.349 e. The van der Waals surface area contributed by atoms with Crippen molar-refractivity contribution in [1.82, 2.24) is 20.2 Å². The number of benzene rings is 2. The fourth-order valence-corrected chi connectivity index (χ4v) is 6.70. The Morgan fingerprint density at radius 1 is 0.974 bits per heavy atom. The van der Waals surface area contributed by atoms with Gasteiger partial charge in [-0.3, -0.25) is 19.5 Å². The fourth-order valence-electron chi connectivity index (χ4n) is 6.70. The number of hydrogen-bond acceptors (Lipinski definition) is 5. The molecule has 196 valence electrons. The monoisotopic (exact) mass is 517 g/mol. The van der Waals surface area contributed by atoms with Gasteiger partial charge in [-0.25, -0.2) is 4.98 Å². The Kier molecular flexibility index (Phi) is 5.36. The number of pyridine rings is 2. The van der Waals surface area contributed by atoms with Crippen molar-refractivity contribution in [2.75, 3.05) is 11.9 Å². The summed E-state index contributed by atoms with van der Waals surface area (Å²) in [6.07, 6.45) is 3.69. The van der Waals surface area contributed by atoms with E-state index < -0.39 is 5.41 Å². The summed E-state index contributed by atoms with van der Waals surface area (Å²) in [4.78, 5) is 38.0. The Hall–Kier alpha value is -4.10. The minimum Gasteiger partial charge on any atom is -0.349 e. The number of piperazine rings is 1. The molecule has 1 spiro atoms. The molecule has 7 nitrogen and oxygen atoms in total. The molecule has 2 amide bonds. The average molecular weight is 518 g/mol. The lowest BCUT2D eigenvalue weighted by atomic mass is 9.79. The molecule has 4 aromatic rings. The molecule has 2 N–H and O–H groups in total. The van der Waals surface area contributed by atoms with E-state index in [-0.39, 0.29) is 23.4 Å². The van der Waals surface area contributed by atoms with Crippen molar-refractivity contribution in [2.24, 2.45) is 0 Å². The van der Waals surface area contributed by atoms with Gasteiger partial charge in [0.2, 0.25) is 11.8 Å². The lowest BCUT2D eigenvalue weighted by Crippen LogP contribution is -2.64. The van der Waals surface area contributed by atoms with E-state index in [4.69, 9.17) is 4.98 Å². The minimum absolute atomic E-state index is 0.0283. The smallest absolute Gasteiger partial charge is 0.238 e. The maximum atomic E-state index is 13.2. The Bertz CT molecular complexity index is 1630. The lowest BCUT2D eigenvalue weighted by Gasteiger charge is -2.43. The van der Waals surface area contributed by atoms with E-state index in [1.807, 2.05) is 30.3 Å². The fraction of sp³-hybridized carbons (Fsp3) is 0.312. The standard InChI is InChI=1S/C32H31N5O2/c1-31(2)19-37(27(29(38)36-31)13-20-7-4-3-5-8-20)18-24-11-10-21-14-22-16-32(17-23(22)15-26(21)34-24)25-9-6-12-33-28(25)35-30(32)39/h3-12,14-15,27H,13,16-19H2,1-2H3,(H,36,38)(H,33,35,39)/t27-,32-/m0/s1. The molecule has 0 radical (unpaired) electrons. The van der Waals surface area contributed by atoms with Crippen molar-refractivity contribution in [3.05, 3.63) is 101 Å². The van der Waals surface area contributed by atoms with Crippen LogP contribution in [0.15, 0.2) is 72.9 Å². The summed E-state index contributed by atoms with van der Waals surface area (Å²) in [6, 6.07) is 22.4. The van der Waals surface area contributed by atoms with Crippen LogP contribution in [0.1, 0.15) is 41.8 Å². The summed E-state index contributed by atoms with van der Waals surface area (Å²) in [7, 11) is 0. The zero-order valence-corrected chi connectivity index (χ0v) is 22.2. The van der Waals surface area contributed by atoms with E-state index in [2.05, 4.69) is 70.8 Å². The van der Waals surface area contributed by atoms with E-state index in [0.717, 1.165) is 34.3 Å². The third-order valence-electron chi connectivity index (χ3n) is 8.48. The molecule has 3 aliphatic rings. The predicted octanol–water partition coefficient (Wildman–Crippen LogP) is 3.94. The second-order valence-corrected chi connectivity index (χ2v) is 11.9. The van der Waals surface area contributed by atoms with Gasteiger partial charge >= 0.3 is 0 Å². The normalized spacial score (nSPS) is 23.5. The van der Waals surface area contributed by atoms with E-state index in [0.29, 0.717) is 31.6 Å². The number of rotatable bonds is 4. The SMILES string of the molecule is CC1(C)CN(Cc2ccc3cc4c(cc3n2)C[C@]2(C4)C(=O)Nc3ncccc32)[C@@H](Cc2ccccc2)C(=O)N1. The van der Waals surface area contributed by atoms with Crippen LogP contribution in [0.5, 0.6) is 0 Å². The Balaban J connectivity index is 1.19. The number of hydrogen-bond donors (Lipinski definition) is 2. The lowest BCUT2D eigenvalue weighted by molar-refractivity contribution is -0.133. The zero-order chi connectivity index (χ0) is 26.8. The number of amides is 2. The number of fused-ring (bicyclic) bond motifs is 4.